The summed E-state index contributed by atoms with van der Waals surface area (Å²) in [7, 11) is 0. The van der Waals surface area contributed by atoms with Crippen molar-refractivity contribution in [2.75, 3.05) is 0 Å². The summed E-state index contributed by atoms with van der Waals surface area (Å²) in [6.07, 6.45) is 3.32. The number of rotatable bonds is 2. The van der Waals surface area contributed by atoms with E-state index in [1.807, 2.05) is 19.1 Å². The molecule has 0 aliphatic carbocycles. The van der Waals surface area contributed by atoms with Gasteiger partial charge in [0.1, 0.15) is 0 Å². The summed E-state index contributed by atoms with van der Waals surface area (Å²) < 4.78 is 28.4. The summed E-state index contributed by atoms with van der Waals surface area (Å²) in [6, 6.07) is 7.41. The molecule has 0 radical (unpaired) electrons. The molecule has 2 aromatic heterocycles. The lowest BCUT2D eigenvalue weighted by molar-refractivity contribution is 0.508. The number of hydrogen-bond acceptors (Lipinski definition) is 5. The van der Waals surface area contributed by atoms with Gasteiger partial charge in [0.05, 0.1) is 11.0 Å². The predicted molar refractivity (Wildman–Crippen MR) is 86.9 cm³/mol. The molecule has 0 fully saturated rings. The number of pyridine rings is 1. The van der Waals surface area contributed by atoms with Crippen molar-refractivity contribution in [2.45, 2.75) is 17.3 Å². The van der Waals surface area contributed by atoms with Gasteiger partial charge in [0.25, 0.3) is 0 Å². The first kappa shape index (κ1) is 14.9. The third kappa shape index (κ3) is 2.48. The van der Waals surface area contributed by atoms with Gasteiger partial charge in [-0.15, -0.1) is 10.2 Å². The van der Waals surface area contributed by atoms with Crippen molar-refractivity contribution in [3.05, 3.63) is 59.9 Å². The van der Waals surface area contributed by atoms with Crippen LogP contribution in [0.15, 0.2) is 53.0 Å². The summed E-state index contributed by atoms with van der Waals surface area (Å²) in [5.41, 5.74) is 2.00. The fraction of sp³-hybridized carbons (Fsp3) is 0.125. The molecule has 1 aromatic carbocycles. The fourth-order valence-corrected chi connectivity index (χ4v) is 3.39. The maximum Gasteiger partial charge on any atom is 0.213 e. The van der Waals surface area contributed by atoms with Crippen LogP contribution in [0.1, 0.15) is 12.5 Å². The van der Waals surface area contributed by atoms with Crippen molar-refractivity contribution >= 4 is 17.5 Å². The zero-order valence-corrected chi connectivity index (χ0v) is 13.3. The molecular weight excluding hydrogens is 332 g/mol. The molecule has 120 valence electrons. The highest BCUT2D eigenvalue weighted by Crippen LogP contribution is 2.32. The number of hydrogen-bond donors (Lipinski definition) is 0. The van der Waals surface area contributed by atoms with Crippen LogP contribution in [0.25, 0.3) is 11.4 Å². The summed E-state index contributed by atoms with van der Waals surface area (Å²) >= 11 is 1.47. The van der Waals surface area contributed by atoms with Gasteiger partial charge in [0, 0.05) is 23.5 Å². The highest BCUT2D eigenvalue weighted by molar-refractivity contribution is 8.00. The minimum absolute atomic E-state index is 0.0585. The number of halogens is 2. The van der Waals surface area contributed by atoms with Crippen LogP contribution < -0.4 is 0 Å². The topological polar surface area (TPSA) is 56.0 Å². The van der Waals surface area contributed by atoms with E-state index in [1.54, 1.807) is 17.1 Å². The van der Waals surface area contributed by atoms with E-state index < -0.39 is 11.6 Å². The van der Waals surface area contributed by atoms with Crippen molar-refractivity contribution in [1.29, 1.82) is 0 Å². The molecule has 1 aliphatic rings. The van der Waals surface area contributed by atoms with Crippen LogP contribution in [-0.4, -0.2) is 30.8 Å². The molecule has 5 nitrogen and oxygen atoms in total. The lowest BCUT2D eigenvalue weighted by Gasteiger charge is -2.20. The zero-order chi connectivity index (χ0) is 16.7. The van der Waals surface area contributed by atoms with Crippen LogP contribution >= 0.6 is 11.8 Å². The standard InChI is InChI=1S/C16H11F2N5S/c1-9-14(11-2-3-12(17)13(18)8-11)22-23-15(20-21-16(23)24-9)10-4-6-19-7-5-10/h2-9H,1H3/t9-/m0/s1. The van der Waals surface area contributed by atoms with Gasteiger partial charge in [-0.3, -0.25) is 4.98 Å². The second kappa shape index (κ2) is 5.79. The van der Waals surface area contributed by atoms with E-state index in [4.69, 9.17) is 0 Å². The molecule has 3 aromatic rings. The predicted octanol–water partition coefficient (Wildman–Crippen LogP) is 3.36. The average molecular weight is 343 g/mol. The molecule has 24 heavy (non-hydrogen) atoms. The SMILES string of the molecule is C[C@@H]1Sc2nnc(-c3ccncc3)n2N=C1c1ccc(F)c(F)c1. The lowest BCUT2D eigenvalue weighted by atomic mass is 10.1. The van der Waals surface area contributed by atoms with Crippen LogP contribution in [0.5, 0.6) is 0 Å². The van der Waals surface area contributed by atoms with Gasteiger partial charge in [-0.05, 0) is 37.3 Å². The van der Waals surface area contributed by atoms with Gasteiger partial charge < -0.3 is 0 Å². The maximum atomic E-state index is 13.6. The maximum absolute atomic E-state index is 13.6. The molecule has 0 unspecified atom stereocenters. The summed E-state index contributed by atoms with van der Waals surface area (Å²) in [5.74, 6) is -1.19. The van der Waals surface area contributed by atoms with Crippen molar-refractivity contribution in [1.82, 2.24) is 19.9 Å². The third-order valence-electron chi connectivity index (χ3n) is 3.64. The second-order valence-corrected chi connectivity index (χ2v) is 6.54. The zero-order valence-electron chi connectivity index (χ0n) is 12.5. The van der Waals surface area contributed by atoms with Crippen molar-refractivity contribution < 1.29 is 8.78 Å². The molecule has 1 aliphatic heterocycles. The molecule has 0 saturated carbocycles. The molecule has 0 spiro atoms. The average Bonchev–Trinajstić information content (AvgIpc) is 3.00. The number of aromatic nitrogens is 4. The molecule has 0 amide bonds. The van der Waals surface area contributed by atoms with E-state index in [0.717, 1.165) is 17.7 Å². The van der Waals surface area contributed by atoms with Gasteiger partial charge >= 0.3 is 0 Å². The van der Waals surface area contributed by atoms with Crippen molar-refractivity contribution in [3.8, 4) is 11.4 Å². The molecule has 1 atom stereocenters. The van der Waals surface area contributed by atoms with Crippen molar-refractivity contribution in [3.63, 3.8) is 0 Å². The Hall–Kier alpha value is -2.61. The van der Waals surface area contributed by atoms with Gasteiger partial charge in [-0.2, -0.15) is 9.78 Å². The largest absolute Gasteiger partial charge is 0.265 e. The van der Waals surface area contributed by atoms with Gasteiger partial charge in [0.2, 0.25) is 5.16 Å². The quantitative estimate of drug-likeness (QED) is 0.716. The van der Waals surface area contributed by atoms with E-state index in [2.05, 4.69) is 20.3 Å². The van der Waals surface area contributed by atoms with E-state index >= 15 is 0 Å². The first-order valence-corrected chi connectivity index (χ1v) is 8.08. The van der Waals surface area contributed by atoms with E-state index in [-0.39, 0.29) is 5.25 Å². The minimum atomic E-state index is -0.892. The van der Waals surface area contributed by atoms with E-state index in [1.165, 1.54) is 17.8 Å². The number of benzene rings is 1. The van der Waals surface area contributed by atoms with Gasteiger partial charge in [-0.1, -0.05) is 11.8 Å². The first-order valence-electron chi connectivity index (χ1n) is 7.20. The summed E-state index contributed by atoms with van der Waals surface area (Å²) in [5, 5.41) is 13.5. The van der Waals surface area contributed by atoms with Crippen LogP contribution in [0.2, 0.25) is 0 Å². The monoisotopic (exact) mass is 343 g/mol. The van der Waals surface area contributed by atoms with E-state index in [9.17, 15) is 8.78 Å². The van der Waals surface area contributed by atoms with E-state index in [0.29, 0.717) is 22.3 Å². The Bertz CT molecular complexity index is 939. The van der Waals surface area contributed by atoms with Crippen LogP contribution in [-0.2, 0) is 0 Å². The normalized spacial score (nSPS) is 16.6. The third-order valence-corrected chi connectivity index (χ3v) is 4.68. The first-order chi connectivity index (χ1) is 11.6. The Balaban J connectivity index is 1.84. The number of fused-ring (bicyclic) bond motifs is 1. The van der Waals surface area contributed by atoms with Crippen molar-refractivity contribution in [2.24, 2.45) is 5.10 Å². The minimum Gasteiger partial charge on any atom is -0.265 e. The molecular formula is C16H11F2N5S. The van der Waals surface area contributed by atoms with Gasteiger partial charge in [-0.25, -0.2) is 8.78 Å². The Morgan fingerprint density at radius 2 is 1.79 bits per heavy atom. The summed E-state index contributed by atoms with van der Waals surface area (Å²) in [4.78, 5) is 3.98. The summed E-state index contributed by atoms with van der Waals surface area (Å²) in [6.45, 7) is 1.94. The highest BCUT2D eigenvalue weighted by atomic mass is 32.2. The molecule has 0 bridgehead atoms. The molecule has 4 rings (SSSR count). The van der Waals surface area contributed by atoms with Crippen LogP contribution in [0.4, 0.5) is 8.78 Å². The molecule has 0 saturated heterocycles. The lowest BCUT2D eigenvalue weighted by Crippen LogP contribution is -2.22. The smallest absolute Gasteiger partial charge is 0.213 e. The highest BCUT2D eigenvalue weighted by Gasteiger charge is 2.26. The fourth-order valence-electron chi connectivity index (χ4n) is 2.46. The Kier molecular flexibility index (Phi) is 3.61. The van der Waals surface area contributed by atoms with Crippen LogP contribution in [0.3, 0.4) is 0 Å². The molecule has 0 N–H and O–H groups in total. The molecule has 8 heteroatoms. The number of nitrogens with zero attached hydrogens (tertiary/aromatic N) is 5. The van der Waals surface area contributed by atoms with Gasteiger partial charge in [0.15, 0.2) is 17.5 Å². The Morgan fingerprint density at radius 3 is 2.54 bits per heavy atom. The Morgan fingerprint density at radius 1 is 1.00 bits per heavy atom. The van der Waals surface area contributed by atoms with Crippen LogP contribution in [0, 0.1) is 11.6 Å². The number of thioether (sulfide) groups is 1. The Labute approximate surface area is 140 Å². The second-order valence-electron chi connectivity index (χ2n) is 5.23. The molecule has 3 heterocycles.